The molecule has 3 N–H and O–H groups in total. The Morgan fingerprint density at radius 2 is 1.72 bits per heavy atom. The molecule has 0 spiro atoms. The van der Waals surface area contributed by atoms with Crippen molar-refractivity contribution in [3.8, 4) is 17.1 Å². The number of rotatable bonds is 14. The van der Waals surface area contributed by atoms with E-state index in [0.29, 0.717) is 24.1 Å². The third-order valence-electron chi connectivity index (χ3n) is 8.61. The zero-order valence-corrected chi connectivity index (χ0v) is 27.4. The molecule has 3 aromatic rings. The number of carbonyl (C=O) groups is 1. The summed E-state index contributed by atoms with van der Waals surface area (Å²) in [4.78, 5) is 19.8. The van der Waals surface area contributed by atoms with Gasteiger partial charge in [-0.25, -0.2) is 22.9 Å². The first-order chi connectivity index (χ1) is 22.0. The molecule has 0 amide bonds. The van der Waals surface area contributed by atoms with Crippen molar-refractivity contribution in [3.05, 3.63) is 65.2 Å². The molecule has 0 saturated heterocycles. The Morgan fingerprint density at radius 3 is 2.32 bits per heavy atom. The van der Waals surface area contributed by atoms with E-state index in [-0.39, 0.29) is 66.4 Å². The molecule has 5 rings (SSSR count). The molecule has 2 aromatic carbocycles. The molecule has 1 aromatic heterocycles. The first-order valence-electron chi connectivity index (χ1n) is 15.5. The number of aryl methyl sites for hydroxylation is 2. The average Bonchev–Trinajstić information content (AvgIpc) is 3.75. The van der Waals surface area contributed by atoms with Gasteiger partial charge in [-0.3, -0.25) is 0 Å². The number of hydrogen-bond donors (Lipinski definition) is 3. The smallest absolute Gasteiger partial charge is 0.394 e. The number of nitrogens with zero attached hydrogens (tertiary/aromatic N) is 2. The number of ether oxygens (including phenoxy) is 2. The van der Waals surface area contributed by atoms with Gasteiger partial charge in [-0.2, -0.15) is 18.2 Å². The van der Waals surface area contributed by atoms with E-state index in [9.17, 15) is 31.5 Å². The lowest BCUT2D eigenvalue weighted by Crippen LogP contribution is -2.52. The summed E-state index contributed by atoms with van der Waals surface area (Å²) in [6.45, 7) is 7.46. The predicted molar refractivity (Wildman–Crippen MR) is 169 cm³/mol. The van der Waals surface area contributed by atoms with Gasteiger partial charge >= 0.3 is 12.1 Å². The Morgan fingerprint density at radius 1 is 1.06 bits per heavy atom. The predicted octanol–water partition coefficient (Wildman–Crippen LogP) is 6.29. The third kappa shape index (κ3) is 8.22. The molecule has 254 valence electrons. The summed E-state index contributed by atoms with van der Waals surface area (Å²) in [6, 6.07) is 11.3. The Labute approximate surface area is 272 Å². The highest BCUT2D eigenvalue weighted by Gasteiger charge is 2.63. The van der Waals surface area contributed by atoms with Crippen molar-refractivity contribution in [2.75, 3.05) is 11.3 Å². The fourth-order valence-electron chi connectivity index (χ4n) is 5.98. The Kier molecular flexibility index (Phi) is 9.86. The maximum Gasteiger partial charge on any atom is 0.394 e. The molecule has 0 aliphatic heterocycles. The van der Waals surface area contributed by atoms with Gasteiger partial charge in [0.05, 0.1) is 33.8 Å². The van der Waals surface area contributed by atoms with Crippen LogP contribution in [-0.4, -0.2) is 66.5 Å². The highest BCUT2D eigenvalue weighted by atomic mass is 32.2. The number of alkyl halides is 3. The van der Waals surface area contributed by atoms with Gasteiger partial charge in [-0.1, -0.05) is 24.3 Å². The minimum atomic E-state index is -4.34. The number of halogens is 3. The number of anilines is 1. The van der Waals surface area contributed by atoms with E-state index in [0.717, 1.165) is 17.2 Å². The summed E-state index contributed by atoms with van der Waals surface area (Å²) in [5, 5.41) is 12.7. The van der Waals surface area contributed by atoms with Crippen molar-refractivity contribution in [1.29, 1.82) is 0 Å². The molecule has 2 aliphatic rings. The number of benzene rings is 2. The molecule has 2 saturated carbocycles. The van der Waals surface area contributed by atoms with Crippen LogP contribution in [0.15, 0.2) is 53.4 Å². The number of carboxylic acids is 1. The first kappa shape index (κ1) is 34.6. The number of carboxylic acid groups (broad SMARTS) is 1. The molecule has 0 radical (unpaired) electrons. The maximum absolute atomic E-state index is 14.0. The second-order valence-corrected chi connectivity index (χ2v) is 14.4. The molecule has 47 heavy (non-hydrogen) atoms. The summed E-state index contributed by atoms with van der Waals surface area (Å²) in [7, 11) is -4.34. The molecule has 1 atom stereocenters. The van der Waals surface area contributed by atoms with Crippen molar-refractivity contribution in [2.45, 2.75) is 95.2 Å². The highest BCUT2D eigenvalue weighted by Crippen LogP contribution is 2.60. The van der Waals surface area contributed by atoms with Crippen LogP contribution < -0.4 is 14.8 Å². The maximum atomic E-state index is 14.0. The highest BCUT2D eigenvalue weighted by molar-refractivity contribution is 7.92. The van der Waals surface area contributed by atoms with E-state index in [1.807, 2.05) is 45.9 Å². The van der Waals surface area contributed by atoms with Crippen molar-refractivity contribution in [3.63, 3.8) is 0 Å². The zero-order chi connectivity index (χ0) is 34.1. The number of hydrogen-bond acceptors (Lipinski definition) is 8. The van der Waals surface area contributed by atoms with Crippen LogP contribution in [0.5, 0.6) is 5.88 Å². The van der Waals surface area contributed by atoms with Crippen LogP contribution in [0.1, 0.15) is 67.4 Å². The molecule has 10 nitrogen and oxygen atoms in total. The number of aromatic nitrogens is 2. The molecular weight excluding hydrogens is 637 g/mol. The topological polar surface area (TPSA) is 140 Å². The van der Waals surface area contributed by atoms with Crippen molar-refractivity contribution >= 4 is 21.9 Å². The number of nitrogens with one attached hydrogen (secondary N) is 2. The van der Waals surface area contributed by atoms with Crippen LogP contribution in [0.2, 0.25) is 0 Å². The summed E-state index contributed by atoms with van der Waals surface area (Å²) in [6.07, 6.45) is -2.97. The zero-order valence-electron chi connectivity index (χ0n) is 26.6. The second kappa shape index (κ2) is 13.4. The molecular formula is C33H39F3N4O6S. The van der Waals surface area contributed by atoms with Crippen LogP contribution >= 0.6 is 0 Å². The van der Waals surface area contributed by atoms with E-state index in [4.69, 9.17) is 9.47 Å². The molecule has 2 fully saturated rings. The summed E-state index contributed by atoms with van der Waals surface area (Å²) in [5.74, 6) is -1.67. The summed E-state index contributed by atoms with van der Waals surface area (Å²) >= 11 is 0. The lowest BCUT2D eigenvalue weighted by Gasteiger charge is -2.39. The number of aromatic carboxylic acids is 1. The van der Waals surface area contributed by atoms with Crippen LogP contribution in [0.3, 0.4) is 0 Å². The van der Waals surface area contributed by atoms with Crippen LogP contribution in [0.25, 0.3) is 11.3 Å². The monoisotopic (exact) mass is 676 g/mol. The van der Waals surface area contributed by atoms with Gasteiger partial charge in [0.2, 0.25) is 11.8 Å². The molecule has 14 heteroatoms. The largest absolute Gasteiger partial charge is 0.478 e. The lowest BCUT2D eigenvalue weighted by molar-refractivity contribution is -0.191. The van der Waals surface area contributed by atoms with Gasteiger partial charge in [-0.05, 0) is 89.1 Å². The van der Waals surface area contributed by atoms with E-state index in [1.165, 1.54) is 24.3 Å². The second-order valence-electron chi connectivity index (χ2n) is 12.8. The average molecular weight is 677 g/mol. The normalized spacial score (nSPS) is 19.6. The van der Waals surface area contributed by atoms with Gasteiger partial charge in [-0.15, -0.1) is 0 Å². The van der Waals surface area contributed by atoms with E-state index in [2.05, 4.69) is 20.0 Å². The van der Waals surface area contributed by atoms with Gasteiger partial charge < -0.3 is 19.9 Å². The fourth-order valence-corrected chi connectivity index (χ4v) is 6.96. The van der Waals surface area contributed by atoms with E-state index < -0.39 is 33.6 Å². The van der Waals surface area contributed by atoms with Gasteiger partial charge in [0, 0.05) is 23.7 Å². The Balaban J connectivity index is 1.43. The molecule has 0 bridgehead atoms. The minimum Gasteiger partial charge on any atom is -0.478 e. The van der Waals surface area contributed by atoms with E-state index in [1.54, 1.807) is 0 Å². The molecule has 2 aliphatic carbocycles. The molecule has 1 heterocycles. The summed E-state index contributed by atoms with van der Waals surface area (Å²) in [5.41, 5.74) is 0.756. The minimum absolute atomic E-state index is 0.0316. The Bertz CT molecular complexity index is 1700. The standard InChI is InChI=1S/C33H39F3N4O6S/c1-19(2)46-25-14-23(15-25)37-24(17-32(11-12-32)33(34,35)36)18-45-28-16-27(29-20(3)7-5-8-21(29)4)38-31(39-28)40-47(43,44)26-10-6-9-22(13-26)30(41)42/h5-10,13,16,19,23-25,37H,11-12,14-15,17-18H2,1-4H3,(H,41,42)(H,38,39,40). The number of sulfonamides is 1. The van der Waals surface area contributed by atoms with Crippen LogP contribution in [0, 0.1) is 19.3 Å². The van der Waals surface area contributed by atoms with Gasteiger partial charge in [0.15, 0.2) is 0 Å². The lowest BCUT2D eigenvalue weighted by atomic mass is 9.87. The quantitative estimate of drug-likeness (QED) is 0.180. The van der Waals surface area contributed by atoms with Crippen molar-refractivity contribution in [1.82, 2.24) is 15.3 Å². The third-order valence-corrected chi connectivity index (χ3v) is 9.94. The van der Waals surface area contributed by atoms with Gasteiger partial charge in [0.25, 0.3) is 10.0 Å². The van der Waals surface area contributed by atoms with Crippen molar-refractivity contribution in [2.24, 2.45) is 5.41 Å². The van der Waals surface area contributed by atoms with Crippen LogP contribution in [0.4, 0.5) is 19.1 Å². The SMILES string of the molecule is Cc1cccc(C)c1-c1cc(OCC(CC2(C(F)(F)F)CC2)NC2CC(OC(C)C)C2)nc(NS(=O)(=O)c2cccc(C(=O)O)c2)n1. The fraction of sp³-hybridized carbons (Fsp3) is 0.485. The summed E-state index contributed by atoms with van der Waals surface area (Å²) < 4.78 is 82.7. The molecule has 1 unspecified atom stereocenters. The van der Waals surface area contributed by atoms with Crippen molar-refractivity contribution < 1.29 is 41.0 Å². The first-order valence-corrected chi connectivity index (χ1v) is 17.0. The van der Waals surface area contributed by atoms with Crippen LogP contribution in [-0.2, 0) is 14.8 Å². The Hall–Kier alpha value is -3.75. The van der Waals surface area contributed by atoms with E-state index >= 15 is 0 Å². The van der Waals surface area contributed by atoms with Gasteiger partial charge in [0.1, 0.15) is 6.61 Å².